The Hall–Kier alpha value is -2.77. The van der Waals surface area contributed by atoms with Crippen molar-refractivity contribution in [2.24, 2.45) is 0 Å². The van der Waals surface area contributed by atoms with Crippen LogP contribution >= 0.6 is 0 Å². The minimum atomic E-state index is -3.70. The van der Waals surface area contributed by atoms with Gasteiger partial charge in [-0.1, -0.05) is 18.2 Å². The van der Waals surface area contributed by atoms with Crippen molar-refractivity contribution in [3.8, 4) is 0 Å². The summed E-state index contributed by atoms with van der Waals surface area (Å²) in [6.45, 7) is 4.64. The zero-order valence-corrected chi connectivity index (χ0v) is 16.4. The van der Waals surface area contributed by atoms with E-state index in [-0.39, 0.29) is 11.4 Å². The second-order valence-electron chi connectivity index (χ2n) is 6.80. The molecule has 2 heterocycles. The first-order chi connectivity index (χ1) is 13.4. The molecule has 1 N–H and O–H groups in total. The summed E-state index contributed by atoms with van der Waals surface area (Å²) in [6.07, 6.45) is 0. The van der Waals surface area contributed by atoms with Crippen molar-refractivity contribution in [3.05, 3.63) is 71.7 Å². The van der Waals surface area contributed by atoms with Crippen LogP contribution in [-0.2, 0) is 16.6 Å². The molecule has 0 spiro atoms. The highest BCUT2D eigenvalue weighted by atomic mass is 32.2. The molecule has 0 amide bonds. The van der Waals surface area contributed by atoms with Gasteiger partial charge in [0.1, 0.15) is 11.5 Å². The van der Waals surface area contributed by atoms with Crippen LogP contribution in [0.3, 0.4) is 0 Å². The molecular formula is C21H20FN3O2S. The normalized spacial score (nSPS) is 12.1. The monoisotopic (exact) mass is 397 g/mol. The maximum Gasteiger partial charge on any atom is 0.240 e. The first-order valence-corrected chi connectivity index (χ1v) is 10.5. The van der Waals surface area contributed by atoms with Gasteiger partial charge in [0, 0.05) is 29.6 Å². The first-order valence-electron chi connectivity index (χ1n) is 8.97. The number of sulfonamides is 1. The highest BCUT2D eigenvalue weighted by Gasteiger charge is 2.16. The van der Waals surface area contributed by atoms with E-state index in [1.165, 1.54) is 12.1 Å². The average molecular weight is 397 g/mol. The molecule has 4 rings (SSSR count). The molecule has 0 saturated carbocycles. The van der Waals surface area contributed by atoms with E-state index >= 15 is 0 Å². The molecule has 28 heavy (non-hydrogen) atoms. The Morgan fingerprint density at radius 2 is 1.79 bits per heavy atom. The second-order valence-corrected chi connectivity index (χ2v) is 8.57. The molecule has 0 fully saturated rings. The van der Waals surface area contributed by atoms with E-state index in [0.29, 0.717) is 6.54 Å². The van der Waals surface area contributed by atoms with Crippen molar-refractivity contribution in [2.75, 3.05) is 6.54 Å². The summed E-state index contributed by atoms with van der Waals surface area (Å²) in [5.41, 5.74) is 3.92. The quantitative estimate of drug-likeness (QED) is 0.555. The number of hydrogen-bond donors (Lipinski definition) is 1. The number of rotatable bonds is 5. The maximum atomic E-state index is 13.0. The van der Waals surface area contributed by atoms with Crippen LogP contribution in [0.15, 0.2) is 59.5 Å². The third-order valence-electron chi connectivity index (χ3n) is 4.80. The minimum absolute atomic E-state index is 0.0425. The molecule has 0 atom stereocenters. The highest BCUT2D eigenvalue weighted by Crippen LogP contribution is 2.30. The first kappa shape index (κ1) is 18.6. The minimum Gasteiger partial charge on any atom is -0.324 e. The lowest BCUT2D eigenvalue weighted by molar-refractivity contribution is 0.574. The number of aromatic nitrogens is 2. The summed E-state index contributed by atoms with van der Waals surface area (Å²) in [7, 11) is -3.70. The Labute approximate surface area is 162 Å². The Balaban J connectivity index is 1.67. The number of para-hydroxylation sites is 1. The lowest BCUT2D eigenvalue weighted by Crippen LogP contribution is -2.27. The Bertz CT molecular complexity index is 1280. The lowest BCUT2D eigenvalue weighted by atomic mass is 10.1. The Morgan fingerprint density at radius 3 is 2.54 bits per heavy atom. The summed E-state index contributed by atoms with van der Waals surface area (Å²) in [5.74, 6) is -0.471. The van der Waals surface area contributed by atoms with E-state index in [1.807, 2.05) is 29.7 Å². The molecular weight excluding hydrogens is 377 g/mol. The van der Waals surface area contributed by atoms with Gasteiger partial charge in [0.15, 0.2) is 0 Å². The third kappa shape index (κ3) is 3.27. The smallest absolute Gasteiger partial charge is 0.240 e. The van der Waals surface area contributed by atoms with Gasteiger partial charge in [0.2, 0.25) is 10.0 Å². The van der Waals surface area contributed by atoms with E-state index < -0.39 is 15.8 Å². The van der Waals surface area contributed by atoms with Gasteiger partial charge in [-0.15, -0.1) is 0 Å². The largest absolute Gasteiger partial charge is 0.324 e. The zero-order valence-electron chi connectivity index (χ0n) is 15.6. The van der Waals surface area contributed by atoms with Gasteiger partial charge in [0.25, 0.3) is 0 Å². The predicted octanol–water partition coefficient (Wildman–Crippen LogP) is 3.92. The van der Waals surface area contributed by atoms with Crippen LogP contribution in [0.4, 0.5) is 4.39 Å². The van der Waals surface area contributed by atoms with Gasteiger partial charge in [-0.05, 0) is 55.8 Å². The van der Waals surface area contributed by atoms with E-state index in [4.69, 9.17) is 4.98 Å². The number of nitrogens with zero attached hydrogens (tertiary/aromatic N) is 2. The van der Waals surface area contributed by atoms with Gasteiger partial charge in [0.05, 0.1) is 10.4 Å². The molecule has 0 aliphatic rings. The molecule has 144 valence electrons. The van der Waals surface area contributed by atoms with Crippen LogP contribution < -0.4 is 4.72 Å². The molecule has 0 bridgehead atoms. The van der Waals surface area contributed by atoms with Crippen LogP contribution in [0.1, 0.15) is 11.3 Å². The van der Waals surface area contributed by atoms with Crippen molar-refractivity contribution < 1.29 is 12.8 Å². The maximum absolute atomic E-state index is 13.0. The summed E-state index contributed by atoms with van der Waals surface area (Å²) in [5, 5.41) is 2.19. The Morgan fingerprint density at radius 1 is 1.07 bits per heavy atom. The van der Waals surface area contributed by atoms with Gasteiger partial charge in [-0.2, -0.15) is 0 Å². The van der Waals surface area contributed by atoms with Crippen LogP contribution in [0.25, 0.3) is 21.9 Å². The molecule has 0 aliphatic carbocycles. The number of hydrogen-bond acceptors (Lipinski definition) is 3. The molecule has 7 heteroatoms. The van der Waals surface area contributed by atoms with Crippen molar-refractivity contribution in [2.45, 2.75) is 25.3 Å². The molecule has 0 radical (unpaired) electrons. The van der Waals surface area contributed by atoms with Crippen LogP contribution in [0.2, 0.25) is 0 Å². The Kier molecular flexibility index (Phi) is 4.64. The van der Waals surface area contributed by atoms with E-state index in [2.05, 4.69) is 23.8 Å². The third-order valence-corrected chi connectivity index (χ3v) is 6.27. The van der Waals surface area contributed by atoms with Gasteiger partial charge >= 0.3 is 0 Å². The summed E-state index contributed by atoms with van der Waals surface area (Å²) < 4.78 is 42.6. The SMILES string of the molecule is Cc1cc(C)c2c3ccccc3n(CCNS(=O)(=O)c3ccc(F)cc3)c2n1. The van der Waals surface area contributed by atoms with E-state index in [1.54, 1.807) is 0 Å². The van der Waals surface area contributed by atoms with Crippen molar-refractivity contribution in [3.63, 3.8) is 0 Å². The summed E-state index contributed by atoms with van der Waals surface area (Å²) >= 11 is 0. The summed E-state index contributed by atoms with van der Waals surface area (Å²) in [6, 6.07) is 14.9. The van der Waals surface area contributed by atoms with Crippen LogP contribution in [0.5, 0.6) is 0 Å². The topological polar surface area (TPSA) is 64.0 Å². The van der Waals surface area contributed by atoms with E-state index in [0.717, 1.165) is 45.3 Å². The van der Waals surface area contributed by atoms with Gasteiger partial charge in [-0.3, -0.25) is 0 Å². The standard InChI is InChI=1S/C21H20FN3O2S/c1-14-13-15(2)24-21-20(14)18-5-3-4-6-19(18)25(21)12-11-23-28(26,27)17-9-7-16(22)8-10-17/h3-10,13,23H,11-12H2,1-2H3. The molecule has 0 unspecified atom stereocenters. The lowest BCUT2D eigenvalue weighted by Gasteiger charge is -2.10. The molecule has 5 nitrogen and oxygen atoms in total. The van der Waals surface area contributed by atoms with E-state index in [9.17, 15) is 12.8 Å². The fraction of sp³-hybridized carbons (Fsp3) is 0.190. The zero-order chi connectivity index (χ0) is 19.9. The predicted molar refractivity (Wildman–Crippen MR) is 108 cm³/mol. The summed E-state index contributed by atoms with van der Waals surface area (Å²) in [4.78, 5) is 4.74. The highest BCUT2D eigenvalue weighted by molar-refractivity contribution is 7.89. The van der Waals surface area contributed by atoms with Crippen LogP contribution in [-0.4, -0.2) is 24.5 Å². The number of benzene rings is 2. The molecule has 4 aromatic rings. The fourth-order valence-corrected chi connectivity index (χ4v) is 4.62. The van der Waals surface area contributed by atoms with Crippen molar-refractivity contribution in [1.29, 1.82) is 0 Å². The number of pyridine rings is 1. The fourth-order valence-electron chi connectivity index (χ4n) is 3.60. The number of aryl methyl sites for hydroxylation is 2. The molecule has 0 aliphatic heterocycles. The number of nitrogens with one attached hydrogen (secondary N) is 1. The molecule has 2 aromatic heterocycles. The molecule has 2 aromatic carbocycles. The van der Waals surface area contributed by atoms with Crippen LogP contribution in [0, 0.1) is 19.7 Å². The molecule has 0 saturated heterocycles. The average Bonchev–Trinajstić information content (AvgIpc) is 2.96. The number of fused-ring (bicyclic) bond motifs is 3. The number of halogens is 1. The van der Waals surface area contributed by atoms with Gasteiger partial charge in [-0.25, -0.2) is 22.5 Å². The second kappa shape index (κ2) is 7.00. The van der Waals surface area contributed by atoms with Gasteiger partial charge < -0.3 is 4.57 Å². The van der Waals surface area contributed by atoms with Crippen molar-refractivity contribution in [1.82, 2.24) is 14.3 Å². The van der Waals surface area contributed by atoms with Crippen molar-refractivity contribution >= 4 is 32.0 Å².